The van der Waals surface area contributed by atoms with E-state index in [1.807, 2.05) is 0 Å². The fourth-order valence-corrected chi connectivity index (χ4v) is 0.581. The molecule has 0 bridgehead atoms. The van der Waals surface area contributed by atoms with Crippen LogP contribution in [0.5, 0.6) is 0 Å². The van der Waals surface area contributed by atoms with Crippen LogP contribution >= 0.6 is 0 Å². The highest BCUT2D eigenvalue weighted by Crippen LogP contribution is 1.96. The SMILES string of the molecule is O=C(O)c1ccccc1.[2H]. The predicted molar refractivity (Wildman–Crippen MR) is 34.5 cm³/mol. The van der Waals surface area contributed by atoms with E-state index in [0.29, 0.717) is 5.56 Å². The first-order chi connectivity index (χ1) is 4.30. The fourth-order valence-electron chi connectivity index (χ4n) is 0.581. The van der Waals surface area contributed by atoms with Gasteiger partial charge in [0.15, 0.2) is 0 Å². The molecule has 0 heterocycles. The van der Waals surface area contributed by atoms with Crippen molar-refractivity contribution in [2.75, 3.05) is 0 Å². The Balaban J connectivity index is 0.000000810. The van der Waals surface area contributed by atoms with Crippen LogP contribution in [0.4, 0.5) is 0 Å². The molecule has 1 aromatic rings. The van der Waals surface area contributed by atoms with Gasteiger partial charge in [-0.1, -0.05) is 18.2 Å². The minimum absolute atomic E-state index is 0. The number of hydrogen-bond donors (Lipinski definition) is 1. The van der Waals surface area contributed by atoms with Gasteiger partial charge in [0, 0.05) is 1.43 Å². The van der Waals surface area contributed by atoms with Crippen LogP contribution in [0.1, 0.15) is 11.8 Å². The summed E-state index contributed by atoms with van der Waals surface area (Å²) < 4.78 is 0. The van der Waals surface area contributed by atoms with E-state index >= 15 is 0 Å². The van der Waals surface area contributed by atoms with E-state index in [2.05, 4.69) is 0 Å². The highest BCUT2D eigenvalue weighted by molar-refractivity contribution is 5.87. The lowest BCUT2D eigenvalue weighted by Crippen LogP contribution is -1.93. The van der Waals surface area contributed by atoms with Crippen molar-refractivity contribution in [2.45, 2.75) is 0 Å². The van der Waals surface area contributed by atoms with E-state index in [9.17, 15) is 4.79 Å². The van der Waals surface area contributed by atoms with Gasteiger partial charge in [0.1, 0.15) is 0 Å². The molecule has 0 saturated heterocycles. The Morgan fingerprint density at radius 3 is 2.22 bits per heavy atom. The van der Waals surface area contributed by atoms with Crippen molar-refractivity contribution in [3.63, 3.8) is 0 Å². The second-order valence-corrected chi connectivity index (χ2v) is 1.67. The van der Waals surface area contributed by atoms with E-state index in [0.717, 1.165) is 0 Å². The zero-order chi connectivity index (χ0) is 6.69. The number of hydrogen-bond acceptors (Lipinski definition) is 1. The Labute approximate surface area is 54.2 Å². The van der Waals surface area contributed by atoms with Crippen molar-refractivity contribution < 1.29 is 11.3 Å². The van der Waals surface area contributed by atoms with Crippen LogP contribution in [0.2, 0.25) is 0 Å². The Hall–Kier alpha value is -1.31. The Bertz CT molecular complexity index is 208. The highest BCUT2D eigenvalue weighted by Gasteiger charge is 1.96. The van der Waals surface area contributed by atoms with Crippen LogP contribution in [-0.4, -0.2) is 11.1 Å². The van der Waals surface area contributed by atoms with E-state index in [1.54, 1.807) is 30.3 Å². The van der Waals surface area contributed by atoms with Crippen molar-refractivity contribution in [3.05, 3.63) is 35.9 Å². The van der Waals surface area contributed by atoms with Crippen LogP contribution in [0.25, 0.3) is 0 Å². The summed E-state index contributed by atoms with van der Waals surface area (Å²) in [5.41, 5.74) is 0.331. The summed E-state index contributed by atoms with van der Waals surface area (Å²) in [6, 6.07) is 8.30. The minimum Gasteiger partial charge on any atom is -0.478 e. The minimum atomic E-state index is -0.879. The summed E-state index contributed by atoms with van der Waals surface area (Å²) in [6.45, 7) is 0. The number of rotatable bonds is 1. The lowest BCUT2D eigenvalue weighted by molar-refractivity contribution is 0.0697. The van der Waals surface area contributed by atoms with Gasteiger partial charge in [-0.25, -0.2) is 4.79 Å². The standard InChI is InChI=1S/C7H6O2.H/c8-7(9)6-4-2-1-3-5-6;/h1-5H,(H,8,9);/i;1+1. The fraction of sp³-hybridized carbons (Fsp3) is 0. The molecule has 2 heteroatoms. The van der Waals surface area contributed by atoms with Gasteiger partial charge in [-0.05, 0) is 12.1 Å². The molecule has 1 rings (SSSR count). The Morgan fingerprint density at radius 2 is 1.89 bits per heavy atom. The summed E-state index contributed by atoms with van der Waals surface area (Å²) in [6.07, 6.45) is 0. The molecule has 1 aromatic carbocycles. The molecule has 0 fully saturated rings. The topological polar surface area (TPSA) is 37.3 Å². The number of benzene rings is 1. The number of aromatic carboxylic acids is 1. The monoisotopic (exact) mass is 124 g/mol. The van der Waals surface area contributed by atoms with Gasteiger partial charge in [-0.2, -0.15) is 0 Å². The number of carbonyl (C=O) groups is 1. The zero-order valence-corrected chi connectivity index (χ0v) is 4.74. The van der Waals surface area contributed by atoms with Gasteiger partial charge < -0.3 is 5.11 Å². The molecule has 0 atom stereocenters. The van der Waals surface area contributed by atoms with Gasteiger partial charge in [-0.15, -0.1) is 0 Å². The van der Waals surface area contributed by atoms with Gasteiger partial charge >= 0.3 is 5.97 Å². The molecule has 0 unspecified atom stereocenters. The Morgan fingerprint density at radius 1 is 1.33 bits per heavy atom. The number of carboxylic acids is 1. The molecule has 0 spiro atoms. The van der Waals surface area contributed by atoms with Crippen LogP contribution < -0.4 is 0 Å². The Kier molecular flexibility index (Phi) is 1.49. The maximum Gasteiger partial charge on any atom is 0.335 e. The second-order valence-electron chi connectivity index (χ2n) is 1.67. The molecule has 0 aromatic heterocycles. The highest BCUT2D eigenvalue weighted by atomic mass is 16.4. The summed E-state index contributed by atoms with van der Waals surface area (Å²) in [5, 5.41) is 8.38. The van der Waals surface area contributed by atoms with E-state index in [-0.39, 0.29) is 1.43 Å². The predicted octanol–water partition coefficient (Wildman–Crippen LogP) is 1.50. The lowest BCUT2D eigenvalue weighted by Gasteiger charge is -1.88. The molecular weight excluding hydrogens is 116 g/mol. The number of carboxylic acid groups (broad SMARTS) is 1. The van der Waals surface area contributed by atoms with Crippen LogP contribution in [-0.2, 0) is 0 Å². The van der Waals surface area contributed by atoms with E-state index in [1.165, 1.54) is 0 Å². The van der Waals surface area contributed by atoms with Gasteiger partial charge in [0.25, 0.3) is 0 Å². The average molecular weight is 124 g/mol. The van der Waals surface area contributed by atoms with Gasteiger partial charge in [-0.3, -0.25) is 0 Å². The third-order valence-corrected chi connectivity index (χ3v) is 1.02. The van der Waals surface area contributed by atoms with E-state index in [4.69, 9.17) is 5.11 Å². The molecule has 0 aliphatic heterocycles. The summed E-state index contributed by atoms with van der Waals surface area (Å²) in [7, 11) is 0. The lowest BCUT2D eigenvalue weighted by atomic mass is 10.2. The molecule has 47 valence electrons. The zero-order valence-electron chi connectivity index (χ0n) is 5.74. The molecule has 0 aliphatic carbocycles. The van der Waals surface area contributed by atoms with Crippen LogP contribution in [0, 0.1) is 0 Å². The van der Waals surface area contributed by atoms with Gasteiger partial charge in [0.05, 0.1) is 5.56 Å². The summed E-state index contributed by atoms with van der Waals surface area (Å²) in [5.74, 6) is -0.879. The van der Waals surface area contributed by atoms with Crippen molar-refractivity contribution >= 4 is 5.97 Å². The van der Waals surface area contributed by atoms with Crippen molar-refractivity contribution in [1.29, 1.82) is 0 Å². The molecule has 2 nitrogen and oxygen atoms in total. The molecule has 9 heavy (non-hydrogen) atoms. The molecule has 1 N–H and O–H groups in total. The smallest absolute Gasteiger partial charge is 0.335 e. The second kappa shape index (κ2) is 2.31. The van der Waals surface area contributed by atoms with Crippen molar-refractivity contribution in [2.24, 2.45) is 0 Å². The molecule has 0 aliphatic rings. The third kappa shape index (κ3) is 1.29. The van der Waals surface area contributed by atoms with Crippen LogP contribution in [0.15, 0.2) is 30.3 Å². The first-order valence-corrected chi connectivity index (χ1v) is 2.59. The van der Waals surface area contributed by atoms with Crippen molar-refractivity contribution in [1.82, 2.24) is 0 Å². The maximum absolute atomic E-state index is 10.2. The average Bonchev–Trinajstić information content (AvgIpc) is 1.90. The summed E-state index contributed by atoms with van der Waals surface area (Å²) >= 11 is 0. The van der Waals surface area contributed by atoms with Crippen molar-refractivity contribution in [3.8, 4) is 0 Å². The van der Waals surface area contributed by atoms with E-state index < -0.39 is 5.97 Å². The third-order valence-electron chi connectivity index (χ3n) is 1.02. The molecule has 0 amide bonds. The quantitative estimate of drug-likeness (QED) is 0.616. The molecule has 1 radical (unpaired) electrons. The molecular formula is C7H7O2. The summed E-state index contributed by atoms with van der Waals surface area (Å²) in [4.78, 5) is 10.2. The van der Waals surface area contributed by atoms with Gasteiger partial charge in [0.2, 0.25) is 0 Å². The normalized spacial score (nSPS) is 8.89. The largest absolute Gasteiger partial charge is 0.478 e. The maximum atomic E-state index is 10.2. The first kappa shape index (κ1) is 5.82. The molecule has 0 saturated carbocycles. The van der Waals surface area contributed by atoms with Crippen LogP contribution in [0.3, 0.4) is 0 Å². The first-order valence-electron chi connectivity index (χ1n) is 2.59.